The van der Waals surface area contributed by atoms with Gasteiger partial charge in [0.1, 0.15) is 0 Å². The zero-order valence-electron chi connectivity index (χ0n) is 39.6. The fraction of sp³-hybridized carbons (Fsp3) is 0. The molecule has 0 N–H and O–H groups in total. The Kier molecular flexibility index (Phi) is 11.4. The fourth-order valence-corrected chi connectivity index (χ4v) is 11.2. The highest BCUT2D eigenvalue weighted by atomic mass is 32.1. The van der Waals surface area contributed by atoms with Gasteiger partial charge in [-0.1, -0.05) is 212 Å². The lowest BCUT2D eigenvalue weighted by Crippen LogP contribution is -1.98. The van der Waals surface area contributed by atoms with Crippen molar-refractivity contribution in [2.75, 3.05) is 0 Å². The van der Waals surface area contributed by atoms with Gasteiger partial charge in [-0.2, -0.15) is 0 Å². The molecule has 342 valence electrons. The maximum atomic E-state index is 5.37. The molecule has 0 atom stereocenters. The number of nitrogens with zero attached hydrogens (tertiary/aromatic N) is 4. The highest BCUT2D eigenvalue weighted by molar-refractivity contribution is 7.26. The van der Waals surface area contributed by atoms with E-state index in [2.05, 4.69) is 218 Å². The van der Waals surface area contributed by atoms with Crippen LogP contribution in [-0.4, -0.2) is 19.9 Å². The normalized spacial score (nSPS) is 11.3. The molecule has 10 aromatic carbocycles. The predicted octanol–water partition coefficient (Wildman–Crippen LogP) is 18.3. The minimum atomic E-state index is 0.658. The van der Waals surface area contributed by atoms with Crippen molar-refractivity contribution in [1.82, 2.24) is 19.9 Å². The topological polar surface area (TPSA) is 51.6 Å². The van der Waals surface area contributed by atoms with Gasteiger partial charge < -0.3 is 0 Å². The van der Waals surface area contributed by atoms with Crippen LogP contribution in [0, 0.1) is 0 Å². The van der Waals surface area contributed by atoms with Crippen LogP contribution in [0.2, 0.25) is 0 Å². The quantitative estimate of drug-likeness (QED) is 0.137. The smallest absolute Gasteiger partial charge is 0.160 e. The highest BCUT2D eigenvalue weighted by Crippen LogP contribution is 2.48. The molecule has 13 aromatic rings. The third-order valence-electron chi connectivity index (χ3n) is 13.5. The summed E-state index contributed by atoms with van der Waals surface area (Å²) >= 11 is 1.86. The third kappa shape index (κ3) is 8.69. The Morgan fingerprint density at radius 1 is 0.233 bits per heavy atom. The van der Waals surface area contributed by atoms with Gasteiger partial charge >= 0.3 is 0 Å². The van der Waals surface area contributed by atoms with Crippen molar-refractivity contribution in [2.24, 2.45) is 0 Å². The molecule has 0 fully saturated rings. The molecule has 4 nitrogen and oxygen atoms in total. The molecule has 3 aromatic heterocycles. The van der Waals surface area contributed by atoms with E-state index in [1.807, 2.05) is 59.9 Å². The molecular weight excluding hydrogens is 905 g/mol. The van der Waals surface area contributed by atoms with Crippen molar-refractivity contribution < 1.29 is 0 Å². The first-order valence-electron chi connectivity index (χ1n) is 24.5. The summed E-state index contributed by atoms with van der Waals surface area (Å²) in [6, 6.07) is 94.2. The Morgan fingerprint density at radius 3 is 1.01 bits per heavy atom. The maximum Gasteiger partial charge on any atom is 0.160 e. The minimum absolute atomic E-state index is 0.658. The molecule has 0 saturated carbocycles. The van der Waals surface area contributed by atoms with Crippen LogP contribution in [0.3, 0.4) is 0 Å². The van der Waals surface area contributed by atoms with E-state index in [0.29, 0.717) is 11.6 Å². The summed E-state index contributed by atoms with van der Waals surface area (Å²) in [5, 5.41) is 2.48. The maximum absolute atomic E-state index is 5.37. The van der Waals surface area contributed by atoms with Crippen LogP contribution >= 0.6 is 11.3 Å². The van der Waals surface area contributed by atoms with Gasteiger partial charge in [-0.25, -0.2) is 19.9 Å². The van der Waals surface area contributed by atoms with Crippen molar-refractivity contribution in [2.45, 2.75) is 0 Å². The van der Waals surface area contributed by atoms with E-state index >= 15 is 0 Å². The lowest BCUT2D eigenvalue weighted by Gasteiger charge is -2.15. The first-order chi connectivity index (χ1) is 36.1. The van der Waals surface area contributed by atoms with Crippen molar-refractivity contribution >= 4 is 31.5 Å². The molecule has 3 heterocycles. The molecule has 73 heavy (non-hydrogen) atoms. The lowest BCUT2D eigenvalue weighted by molar-refractivity contribution is 1.18. The van der Waals surface area contributed by atoms with E-state index in [1.54, 1.807) is 0 Å². The Hall–Kier alpha value is -9.42. The van der Waals surface area contributed by atoms with Crippen molar-refractivity contribution in [3.8, 4) is 112 Å². The van der Waals surface area contributed by atoms with Crippen LogP contribution in [0.4, 0.5) is 0 Å². The average molecular weight is 949 g/mol. The number of aromatic nitrogens is 4. The van der Waals surface area contributed by atoms with Crippen LogP contribution in [0.25, 0.3) is 132 Å². The van der Waals surface area contributed by atoms with Gasteiger partial charge in [0.2, 0.25) is 0 Å². The number of rotatable bonds is 10. The van der Waals surface area contributed by atoms with Gasteiger partial charge in [0.15, 0.2) is 11.6 Å². The second-order valence-electron chi connectivity index (χ2n) is 18.2. The molecule has 13 rings (SSSR count). The van der Waals surface area contributed by atoms with Crippen LogP contribution in [-0.2, 0) is 0 Å². The summed E-state index contributed by atoms with van der Waals surface area (Å²) in [6.45, 7) is 0. The van der Waals surface area contributed by atoms with Crippen LogP contribution in [0.1, 0.15) is 0 Å². The first-order valence-corrected chi connectivity index (χ1v) is 25.3. The molecule has 0 bridgehead atoms. The Balaban J connectivity index is 1.09. The summed E-state index contributed by atoms with van der Waals surface area (Å²) in [4.78, 5) is 21.1. The second kappa shape index (κ2) is 19.1. The van der Waals surface area contributed by atoms with Gasteiger partial charge in [-0.15, -0.1) is 11.3 Å². The number of hydrogen-bond acceptors (Lipinski definition) is 5. The average Bonchev–Trinajstić information content (AvgIpc) is 3.87. The molecule has 0 amide bonds. The van der Waals surface area contributed by atoms with E-state index in [4.69, 9.17) is 19.9 Å². The summed E-state index contributed by atoms with van der Waals surface area (Å²) in [6.07, 6.45) is 0. The van der Waals surface area contributed by atoms with Gasteiger partial charge in [-0.3, -0.25) is 0 Å². The van der Waals surface area contributed by atoms with E-state index < -0.39 is 0 Å². The first kappa shape index (κ1) is 43.6. The largest absolute Gasteiger partial charge is 0.228 e. The predicted molar refractivity (Wildman–Crippen MR) is 305 cm³/mol. The Labute approximate surface area is 428 Å². The number of fused-ring (bicyclic) bond motifs is 3. The molecule has 0 aliphatic heterocycles. The van der Waals surface area contributed by atoms with E-state index in [9.17, 15) is 0 Å². The molecule has 0 unspecified atom stereocenters. The fourth-order valence-electron chi connectivity index (χ4n) is 9.88. The van der Waals surface area contributed by atoms with Crippen LogP contribution in [0.5, 0.6) is 0 Å². The van der Waals surface area contributed by atoms with E-state index in [-0.39, 0.29) is 0 Å². The number of benzene rings is 10. The number of thiophene rings is 1. The van der Waals surface area contributed by atoms with Crippen molar-refractivity contribution in [1.29, 1.82) is 0 Å². The monoisotopic (exact) mass is 948 g/mol. The number of hydrogen-bond donors (Lipinski definition) is 0. The second-order valence-corrected chi connectivity index (χ2v) is 19.2. The minimum Gasteiger partial charge on any atom is -0.228 e. The summed E-state index contributed by atoms with van der Waals surface area (Å²) < 4.78 is 2.47. The third-order valence-corrected chi connectivity index (χ3v) is 14.6. The zero-order chi connectivity index (χ0) is 48.5. The Bertz CT molecular complexity index is 3830. The van der Waals surface area contributed by atoms with Crippen LogP contribution in [0.15, 0.2) is 267 Å². The van der Waals surface area contributed by atoms with Gasteiger partial charge in [0, 0.05) is 59.1 Å². The molecule has 0 saturated heterocycles. The molecule has 0 radical (unpaired) electrons. The highest BCUT2D eigenvalue weighted by Gasteiger charge is 2.21. The molecule has 0 spiro atoms. The summed E-state index contributed by atoms with van der Waals surface area (Å²) in [5.41, 5.74) is 18.4. The SMILES string of the molecule is c1ccc(-c2cc(-c3ccccc3)c3sc4cc(-c5cc(-c6cc(-c7ccccc7)nc(-c7ccccc7)n6)cc(-c6cc(-c7ccccc7)nc(-c7ccccc7)n6)c5)cc(-c5ccccc5)c4c3c2)cc1. The van der Waals surface area contributed by atoms with Crippen molar-refractivity contribution in [3.05, 3.63) is 267 Å². The molecule has 0 aliphatic rings. The van der Waals surface area contributed by atoms with Gasteiger partial charge in [0.05, 0.1) is 22.8 Å². The van der Waals surface area contributed by atoms with E-state index in [1.165, 1.54) is 48.0 Å². The summed E-state index contributed by atoms with van der Waals surface area (Å²) in [7, 11) is 0. The van der Waals surface area contributed by atoms with E-state index in [0.717, 1.165) is 72.8 Å². The van der Waals surface area contributed by atoms with Crippen LogP contribution < -0.4 is 0 Å². The zero-order valence-corrected chi connectivity index (χ0v) is 40.4. The van der Waals surface area contributed by atoms with Gasteiger partial charge in [0.25, 0.3) is 0 Å². The standard InChI is InChI=1S/C68H44N4S/c1-8-22-45(23-9-1)53-40-58(47-26-12-3-13-27-47)66-59(41-53)65-57(46-24-10-2-11-25-46)39-54(42-64(65)73-66)52-36-55(62-43-60(48-28-14-4-15-29-48)69-67(71-62)50-32-18-6-19-33-50)38-56(37-52)63-44-61(49-30-16-5-17-31-49)70-68(72-63)51-34-20-7-21-35-51/h1-44H. The Morgan fingerprint density at radius 2 is 0.562 bits per heavy atom. The molecular formula is C68H44N4S. The lowest BCUT2D eigenvalue weighted by atomic mass is 9.90. The summed E-state index contributed by atoms with van der Waals surface area (Å²) in [5.74, 6) is 1.32. The van der Waals surface area contributed by atoms with Crippen molar-refractivity contribution in [3.63, 3.8) is 0 Å². The molecule has 5 heteroatoms. The van der Waals surface area contributed by atoms with Gasteiger partial charge in [-0.05, 0) is 93.5 Å². The molecule has 0 aliphatic carbocycles.